The highest BCUT2D eigenvalue weighted by Gasteiger charge is 2.10. The highest BCUT2D eigenvalue weighted by atomic mass is 16.5. The maximum absolute atomic E-state index is 11.8. The van der Waals surface area contributed by atoms with E-state index in [-0.39, 0.29) is 36.5 Å². The molecule has 20 heavy (non-hydrogen) atoms. The summed E-state index contributed by atoms with van der Waals surface area (Å²) in [5.41, 5.74) is 0.204. The predicted molar refractivity (Wildman–Crippen MR) is 72.5 cm³/mol. The van der Waals surface area contributed by atoms with Gasteiger partial charge < -0.3 is 9.84 Å². The van der Waals surface area contributed by atoms with E-state index >= 15 is 0 Å². The number of ether oxygens (including phenoxy) is 1. The normalized spacial score (nSPS) is 10.4. The number of rotatable bonds is 7. The molecule has 5 heteroatoms. The third kappa shape index (κ3) is 5.06. The molecule has 0 amide bonds. The molecule has 5 nitrogen and oxygen atoms in total. The number of hydrogen-bond donors (Lipinski definition) is 1. The van der Waals surface area contributed by atoms with Crippen LogP contribution >= 0.6 is 0 Å². The second-order valence-electron chi connectivity index (χ2n) is 3.99. The molecule has 0 unspecified atom stereocenters. The molecule has 0 aromatic heterocycles. The molecular formula is C15H16O5. The van der Waals surface area contributed by atoms with E-state index in [1.807, 2.05) is 0 Å². The number of hydrogen-bond acceptors (Lipinski definition) is 5. The number of ketones is 2. The average molecular weight is 276 g/mol. The first kappa shape index (κ1) is 15.6. The van der Waals surface area contributed by atoms with Gasteiger partial charge in [0, 0.05) is 6.42 Å². The molecule has 1 rings (SSSR count). The molecule has 0 saturated carbocycles. The molecule has 0 aliphatic heterocycles. The van der Waals surface area contributed by atoms with E-state index < -0.39 is 11.8 Å². The molecule has 1 aromatic rings. The summed E-state index contributed by atoms with van der Waals surface area (Å²) < 4.78 is 4.63. The molecule has 0 atom stereocenters. The van der Waals surface area contributed by atoms with Gasteiger partial charge in [-0.25, -0.2) is 0 Å². The topological polar surface area (TPSA) is 80.7 Å². The standard InChI is InChI=1S/C15H16O5/c1-2-20-15(19)10-11(16)6-5-9-14(18)12-7-3-4-8-13(12)17/h3-8,17H,2,9-10H2,1H3/b6-5-. The number of carbonyl (C=O) groups is 3. The van der Waals surface area contributed by atoms with Crippen molar-refractivity contribution >= 4 is 17.5 Å². The van der Waals surface area contributed by atoms with Gasteiger partial charge in [0.15, 0.2) is 11.6 Å². The smallest absolute Gasteiger partial charge is 0.313 e. The highest BCUT2D eigenvalue weighted by Crippen LogP contribution is 2.17. The summed E-state index contributed by atoms with van der Waals surface area (Å²) in [4.78, 5) is 34.2. The Morgan fingerprint density at radius 1 is 1.25 bits per heavy atom. The molecule has 0 fully saturated rings. The number of carbonyl (C=O) groups excluding carboxylic acids is 3. The Balaban J connectivity index is 2.49. The molecule has 0 saturated heterocycles. The first-order valence-corrected chi connectivity index (χ1v) is 6.20. The van der Waals surface area contributed by atoms with Gasteiger partial charge in [0.1, 0.15) is 12.2 Å². The molecule has 0 bridgehead atoms. The SMILES string of the molecule is CCOC(=O)CC(=O)/C=C\CC(=O)c1ccccc1O. The maximum Gasteiger partial charge on any atom is 0.313 e. The number of phenols is 1. The van der Waals surface area contributed by atoms with Crippen LogP contribution in [0.25, 0.3) is 0 Å². The highest BCUT2D eigenvalue weighted by molar-refractivity contribution is 6.03. The zero-order chi connectivity index (χ0) is 15.0. The Hall–Kier alpha value is -2.43. The van der Waals surface area contributed by atoms with Crippen molar-refractivity contribution in [2.24, 2.45) is 0 Å². The van der Waals surface area contributed by atoms with Crippen molar-refractivity contribution in [3.8, 4) is 5.75 Å². The van der Waals surface area contributed by atoms with Crippen LogP contribution in [-0.2, 0) is 14.3 Å². The van der Waals surface area contributed by atoms with Crippen LogP contribution in [0.5, 0.6) is 5.75 Å². The van der Waals surface area contributed by atoms with Crippen LogP contribution in [0.3, 0.4) is 0 Å². The molecule has 0 spiro atoms. The maximum atomic E-state index is 11.8. The number of esters is 1. The van der Waals surface area contributed by atoms with Crippen molar-refractivity contribution < 1.29 is 24.2 Å². The third-order valence-electron chi connectivity index (χ3n) is 2.44. The third-order valence-corrected chi connectivity index (χ3v) is 2.44. The van der Waals surface area contributed by atoms with Gasteiger partial charge in [0.25, 0.3) is 0 Å². The Morgan fingerprint density at radius 3 is 2.60 bits per heavy atom. The van der Waals surface area contributed by atoms with E-state index in [2.05, 4.69) is 4.74 Å². The number of para-hydroxylation sites is 1. The lowest BCUT2D eigenvalue weighted by Crippen LogP contribution is -2.09. The number of Topliss-reactive ketones (excluding diaryl/α,β-unsaturated/α-hetero) is 1. The molecular weight excluding hydrogens is 260 g/mol. The van der Waals surface area contributed by atoms with Crippen LogP contribution in [0.1, 0.15) is 30.1 Å². The van der Waals surface area contributed by atoms with Gasteiger partial charge in [0.05, 0.1) is 12.2 Å². The van der Waals surface area contributed by atoms with E-state index in [9.17, 15) is 19.5 Å². The molecule has 1 aromatic carbocycles. The van der Waals surface area contributed by atoms with E-state index in [1.54, 1.807) is 19.1 Å². The van der Waals surface area contributed by atoms with Gasteiger partial charge in [-0.1, -0.05) is 18.2 Å². The van der Waals surface area contributed by atoms with Crippen molar-refractivity contribution in [1.82, 2.24) is 0 Å². The second kappa shape index (κ2) is 7.89. The molecule has 0 aliphatic carbocycles. The summed E-state index contributed by atoms with van der Waals surface area (Å²) in [7, 11) is 0. The summed E-state index contributed by atoms with van der Waals surface area (Å²) in [5, 5.41) is 9.49. The van der Waals surface area contributed by atoms with Gasteiger partial charge in [0.2, 0.25) is 0 Å². The Kier molecular flexibility index (Phi) is 6.16. The van der Waals surface area contributed by atoms with Gasteiger partial charge in [-0.2, -0.15) is 0 Å². The van der Waals surface area contributed by atoms with E-state index in [0.717, 1.165) is 0 Å². The minimum Gasteiger partial charge on any atom is -0.507 e. The lowest BCUT2D eigenvalue weighted by atomic mass is 10.1. The second-order valence-corrected chi connectivity index (χ2v) is 3.99. The van der Waals surface area contributed by atoms with E-state index in [0.29, 0.717) is 0 Å². The largest absolute Gasteiger partial charge is 0.507 e. The molecule has 0 aliphatic rings. The van der Waals surface area contributed by atoms with Gasteiger partial charge >= 0.3 is 5.97 Å². The number of phenolic OH excluding ortho intramolecular Hbond substituents is 1. The first-order valence-electron chi connectivity index (χ1n) is 6.20. The Labute approximate surface area is 116 Å². The van der Waals surface area contributed by atoms with Crippen LogP contribution in [-0.4, -0.2) is 29.2 Å². The molecule has 0 heterocycles. The van der Waals surface area contributed by atoms with Gasteiger partial charge in [-0.15, -0.1) is 0 Å². The first-order chi connectivity index (χ1) is 9.54. The van der Waals surface area contributed by atoms with E-state index in [1.165, 1.54) is 24.3 Å². The van der Waals surface area contributed by atoms with Gasteiger partial charge in [-0.05, 0) is 25.1 Å². The lowest BCUT2D eigenvalue weighted by molar-refractivity contribution is -0.144. The van der Waals surface area contributed by atoms with Crippen molar-refractivity contribution in [2.45, 2.75) is 19.8 Å². The fourth-order valence-electron chi connectivity index (χ4n) is 1.53. The minimum absolute atomic E-state index is 0.0217. The van der Waals surface area contributed by atoms with Crippen LogP contribution in [0.15, 0.2) is 36.4 Å². The van der Waals surface area contributed by atoms with Gasteiger partial charge in [-0.3, -0.25) is 14.4 Å². The summed E-state index contributed by atoms with van der Waals surface area (Å²) in [6.45, 7) is 1.88. The molecule has 0 radical (unpaired) electrons. The predicted octanol–water partition coefficient (Wildman–Crippen LogP) is 2.04. The summed E-state index contributed by atoms with van der Waals surface area (Å²) in [6.07, 6.45) is 2.19. The summed E-state index contributed by atoms with van der Waals surface area (Å²) in [5.74, 6) is -1.41. The fraction of sp³-hybridized carbons (Fsp3) is 0.267. The average Bonchev–Trinajstić information content (AvgIpc) is 2.39. The van der Waals surface area contributed by atoms with Crippen molar-refractivity contribution in [1.29, 1.82) is 0 Å². The quantitative estimate of drug-likeness (QED) is 0.357. The van der Waals surface area contributed by atoms with Crippen LogP contribution in [0.2, 0.25) is 0 Å². The Bertz CT molecular complexity index is 531. The van der Waals surface area contributed by atoms with Crippen molar-refractivity contribution in [2.75, 3.05) is 6.61 Å². The zero-order valence-corrected chi connectivity index (χ0v) is 11.2. The van der Waals surface area contributed by atoms with Crippen LogP contribution in [0.4, 0.5) is 0 Å². The number of allylic oxidation sites excluding steroid dienone is 2. The zero-order valence-electron chi connectivity index (χ0n) is 11.2. The van der Waals surface area contributed by atoms with Crippen LogP contribution in [0, 0.1) is 0 Å². The van der Waals surface area contributed by atoms with Crippen LogP contribution < -0.4 is 0 Å². The fourth-order valence-corrected chi connectivity index (χ4v) is 1.53. The van der Waals surface area contributed by atoms with Crippen molar-refractivity contribution in [3.05, 3.63) is 42.0 Å². The summed E-state index contributed by atoms with van der Waals surface area (Å²) in [6, 6.07) is 6.18. The lowest BCUT2D eigenvalue weighted by Gasteiger charge is -2.00. The number of benzene rings is 1. The molecule has 1 N–H and O–H groups in total. The minimum atomic E-state index is -0.589. The monoisotopic (exact) mass is 276 g/mol. The molecule has 106 valence electrons. The Morgan fingerprint density at radius 2 is 1.95 bits per heavy atom. The van der Waals surface area contributed by atoms with Crippen molar-refractivity contribution in [3.63, 3.8) is 0 Å². The van der Waals surface area contributed by atoms with E-state index in [4.69, 9.17) is 0 Å². The number of aromatic hydroxyl groups is 1. The summed E-state index contributed by atoms with van der Waals surface area (Å²) >= 11 is 0.